The van der Waals surface area contributed by atoms with E-state index >= 15 is 0 Å². The number of hydrogen-bond donors (Lipinski definition) is 0. The number of carbonyl (C=O) groups is 1. The van der Waals surface area contributed by atoms with Crippen molar-refractivity contribution in [2.75, 3.05) is 33.3 Å². The van der Waals surface area contributed by atoms with Crippen LogP contribution in [-0.4, -0.2) is 55.1 Å². The van der Waals surface area contributed by atoms with Crippen LogP contribution in [0.4, 0.5) is 0 Å². The van der Waals surface area contributed by atoms with Gasteiger partial charge in [-0.1, -0.05) is 35.9 Å². The molecular weight excluding hydrogens is 376 g/mol. The Balaban J connectivity index is 1.53. The van der Waals surface area contributed by atoms with Crippen LogP contribution in [0.5, 0.6) is 11.5 Å². The molecular formula is C22H27ClN2O3. The smallest absolute Gasteiger partial charge is 0.263 e. The fourth-order valence-electron chi connectivity index (χ4n) is 3.38. The van der Waals surface area contributed by atoms with Crippen molar-refractivity contribution in [2.45, 2.75) is 26.0 Å². The van der Waals surface area contributed by atoms with Crippen LogP contribution in [0.25, 0.3) is 0 Å². The summed E-state index contributed by atoms with van der Waals surface area (Å²) in [5, 5.41) is 0.517. The van der Waals surface area contributed by atoms with Crippen LogP contribution in [0.2, 0.25) is 5.02 Å². The minimum Gasteiger partial charge on any atom is -0.497 e. The topological polar surface area (TPSA) is 42.0 Å². The summed E-state index contributed by atoms with van der Waals surface area (Å²) in [7, 11) is 1.67. The molecule has 2 aromatic carbocycles. The standard InChI is InChI=1S/C22H27ClN2O3/c1-17(28-21-7-4-3-6-20(21)23)22(26)25-13-5-12-24(14-15-25)16-18-8-10-19(27-2)11-9-18/h3-4,6-11,17H,5,12-16H2,1-2H3. The predicted molar refractivity (Wildman–Crippen MR) is 111 cm³/mol. The Morgan fingerprint density at radius 1 is 1.07 bits per heavy atom. The molecule has 6 heteroatoms. The van der Waals surface area contributed by atoms with Crippen molar-refractivity contribution >= 4 is 17.5 Å². The van der Waals surface area contributed by atoms with Gasteiger partial charge in [0, 0.05) is 32.7 Å². The van der Waals surface area contributed by atoms with Crippen LogP contribution in [0.3, 0.4) is 0 Å². The Labute approximate surface area is 171 Å². The van der Waals surface area contributed by atoms with Crippen molar-refractivity contribution in [3.05, 3.63) is 59.1 Å². The lowest BCUT2D eigenvalue weighted by Gasteiger charge is -2.25. The second-order valence-electron chi connectivity index (χ2n) is 6.99. The van der Waals surface area contributed by atoms with E-state index < -0.39 is 6.10 Å². The van der Waals surface area contributed by atoms with Gasteiger partial charge in [0.15, 0.2) is 6.10 Å². The molecule has 1 aliphatic heterocycles. The van der Waals surface area contributed by atoms with E-state index in [0.29, 0.717) is 17.3 Å². The van der Waals surface area contributed by atoms with E-state index in [1.165, 1.54) is 5.56 Å². The van der Waals surface area contributed by atoms with Crippen molar-refractivity contribution < 1.29 is 14.3 Å². The molecule has 0 aromatic heterocycles. The Morgan fingerprint density at radius 3 is 2.54 bits per heavy atom. The first kappa shape index (κ1) is 20.5. The molecule has 1 aliphatic rings. The zero-order chi connectivity index (χ0) is 19.9. The number of benzene rings is 2. The average Bonchev–Trinajstić information content (AvgIpc) is 2.95. The minimum atomic E-state index is -0.562. The van der Waals surface area contributed by atoms with Gasteiger partial charge in [-0.25, -0.2) is 0 Å². The number of para-hydroxylation sites is 1. The third-order valence-electron chi connectivity index (χ3n) is 4.95. The monoisotopic (exact) mass is 402 g/mol. The normalized spacial score (nSPS) is 16.3. The SMILES string of the molecule is COc1ccc(CN2CCCN(C(=O)C(C)Oc3ccccc3Cl)CC2)cc1. The van der Waals surface area contributed by atoms with Gasteiger partial charge in [-0.05, 0) is 43.2 Å². The van der Waals surface area contributed by atoms with Crippen LogP contribution >= 0.6 is 11.6 Å². The highest BCUT2D eigenvalue weighted by Crippen LogP contribution is 2.24. The van der Waals surface area contributed by atoms with E-state index in [9.17, 15) is 4.79 Å². The lowest BCUT2D eigenvalue weighted by Crippen LogP contribution is -2.42. The van der Waals surface area contributed by atoms with Crippen molar-refractivity contribution in [3.63, 3.8) is 0 Å². The summed E-state index contributed by atoms with van der Waals surface area (Å²) < 4.78 is 11.0. The van der Waals surface area contributed by atoms with Gasteiger partial charge < -0.3 is 14.4 Å². The first-order valence-corrected chi connectivity index (χ1v) is 10.00. The quantitative estimate of drug-likeness (QED) is 0.736. The number of rotatable bonds is 6. The summed E-state index contributed by atoms with van der Waals surface area (Å²) in [5.74, 6) is 1.41. The maximum atomic E-state index is 12.8. The van der Waals surface area contributed by atoms with Gasteiger partial charge in [0.25, 0.3) is 5.91 Å². The fraction of sp³-hybridized carbons (Fsp3) is 0.409. The number of carbonyl (C=O) groups excluding carboxylic acids is 1. The molecule has 2 aromatic rings. The largest absolute Gasteiger partial charge is 0.497 e. The van der Waals surface area contributed by atoms with Gasteiger partial charge >= 0.3 is 0 Å². The van der Waals surface area contributed by atoms with Gasteiger partial charge in [0.05, 0.1) is 12.1 Å². The Kier molecular flexibility index (Phi) is 7.18. The number of hydrogen-bond acceptors (Lipinski definition) is 4. The van der Waals surface area contributed by atoms with Crippen LogP contribution in [-0.2, 0) is 11.3 Å². The van der Waals surface area contributed by atoms with E-state index in [1.54, 1.807) is 26.2 Å². The molecule has 0 aliphatic carbocycles. The third kappa shape index (κ3) is 5.40. The molecule has 0 spiro atoms. The van der Waals surface area contributed by atoms with E-state index in [2.05, 4.69) is 17.0 Å². The van der Waals surface area contributed by atoms with Crippen molar-refractivity contribution in [1.29, 1.82) is 0 Å². The van der Waals surface area contributed by atoms with Crippen molar-refractivity contribution in [1.82, 2.24) is 9.80 Å². The number of nitrogens with zero attached hydrogens (tertiary/aromatic N) is 2. The lowest BCUT2D eigenvalue weighted by atomic mass is 10.2. The van der Waals surface area contributed by atoms with E-state index in [4.69, 9.17) is 21.1 Å². The van der Waals surface area contributed by atoms with Gasteiger partial charge in [-0.15, -0.1) is 0 Å². The Hall–Kier alpha value is -2.24. The maximum absolute atomic E-state index is 12.8. The molecule has 1 saturated heterocycles. The predicted octanol–water partition coefficient (Wildman–Crippen LogP) is 3.85. The molecule has 0 saturated carbocycles. The summed E-state index contributed by atoms with van der Waals surface area (Å²) in [4.78, 5) is 17.1. The molecule has 0 N–H and O–H groups in total. The summed E-state index contributed by atoms with van der Waals surface area (Å²) in [6.07, 6.45) is 0.383. The van der Waals surface area contributed by atoms with Crippen LogP contribution < -0.4 is 9.47 Å². The van der Waals surface area contributed by atoms with Crippen LogP contribution in [0, 0.1) is 0 Å². The second kappa shape index (κ2) is 9.80. The number of methoxy groups -OCH3 is 1. The third-order valence-corrected chi connectivity index (χ3v) is 5.27. The van der Waals surface area contributed by atoms with E-state index in [0.717, 1.165) is 38.3 Å². The summed E-state index contributed by atoms with van der Waals surface area (Å²) in [5.41, 5.74) is 1.25. The minimum absolute atomic E-state index is 0.00576. The molecule has 5 nitrogen and oxygen atoms in total. The van der Waals surface area contributed by atoms with Crippen LogP contribution in [0.15, 0.2) is 48.5 Å². The van der Waals surface area contributed by atoms with Gasteiger partial charge in [0.2, 0.25) is 0 Å². The molecule has 150 valence electrons. The van der Waals surface area contributed by atoms with Gasteiger partial charge in [-0.3, -0.25) is 9.69 Å². The number of ether oxygens (including phenoxy) is 2. The lowest BCUT2D eigenvalue weighted by molar-refractivity contribution is -0.137. The molecule has 0 radical (unpaired) electrons. The van der Waals surface area contributed by atoms with E-state index in [1.807, 2.05) is 29.2 Å². The summed E-state index contributed by atoms with van der Waals surface area (Å²) in [6, 6.07) is 15.4. The van der Waals surface area contributed by atoms with E-state index in [-0.39, 0.29) is 5.91 Å². The van der Waals surface area contributed by atoms with Crippen molar-refractivity contribution in [2.24, 2.45) is 0 Å². The first-order chi connectivity index (χ1) is 13.6. The molecule has 1 unspecified atom stereocenters. The maximum Gasteiger partial charge on any atom is 0.263 e. The average molecular weight is 403 g/mol. The first-order valence-electron chi connectivity index (χ1n) is 9.62. The number of amides is 1. The summed E-state index contributed by atoms with van der Waals surface area (Å²) in [6.45, 7) is 5.91. The molecule has 1 heterocycles. The molecule has 28 heavy (non-hydrogen) atoms. The van der Waals surface area contributed by atoms with Gasteiger partial charge in [-0.2, -0.15) is 0 Å². The summed E-state index contributed by atoms with van der Waals surface area (Å²) >= 11 is 6.14. The van der Waals surface area contributed by atoms with Gasteiger partial charge in [0.1, 0.15) is 11.5 Å². The molecule has 1 amide bonds. The highest BCUT2D eigenvalue weighted by molar-refractivity contribution is 6.32. The second-order valence-corrected chi connectivity index (χ2v) is 7.40. The van der Waals surface area contributed by atoms with Crippen molar-refractivity contribution in [3.8, 4) is 11.5 Å². The molecule has 3 rings (SSSR count). The Morgan fingerprint density at radius 2 is 1.82 bits per heavy atom. The molecule has 1 fully saturated rings. The Bertz CT molecular complexity index is 782. The van der Waals surface area contributed by atoms with Crippen LogP contribution in [0.1, 0.15) is 18.9 Å². The highest BCUT2D eigenvalue weighted by atomic mass is 35.5. The highest BCUT2D eigenvalue weighted by Gasteiger charge is 2.25. The zero-order valence-electron chi connectivity index (χ0n) is 16.4. The molecule has 0 bridgehead atoms. The number of halogens is 1. The zero-order valence-corrected chi connectivity index (χ0v) is 17.2. The fourth-order valence-corrected chi connectivity index (χ4v) is 3.56. The molecule has 1 atom stereocenters.